The normalized spacial score (nSPS) is 14.4. The molecule has 1 aromatic carbocycles. The van der Waals surface area contributed by atoms with Crippen LogP contribution in [0, 0.1) is 5.82 Å². The molecule has 0 aliphatic rings. The number of nitrogens with zero attached hydrogens (tertiary/aromatic N) is 2. The number of hydrogen-bond donors (Lipinski definition) is 1. The van der Waals surface area contributed by atoms with Crippen molar-refractivity contribution in [2.24, 2.45) is 7.05 Å². The predicted molar refractivity (Wildman–Crippen MR) is 72.3 cm³/mol. The number of halogens is 1. The van der Waals surface area contributed by atoms with Crippen LogP contribution < -0.4 is 0 Å². The zero-order chi connectivity index (χ0) is 14.0. The molecule has 0 saturated heterocycles. The Morgan fingerprint density at radius 1 is 1.37 bits per heavy atom. The second-order valence-corrected chi connectivity index (χ2v) is 5.03. The molecule has 1 unspecified atom stereocenters. The third kappa shape index (κ3) is 2.84. The molecule has 2 aromatic rings. The van der Waals surface area contributed by atoms with E-state index in [2.05, 4.69) is 5.10 Å². The highest BCUT2D eigenvalue weighted by molar-refractivity contribution is 5.26. The first-order valence-electron chi connectivity index (χ1n) is 6.43. The van der Waals surface area contributed by atoms with Crippen LogP contribution in [0.25, 0.3) is 0 Å². The molecule has 1 atom stereocenters. The monoisotopic (exact) mass is 262 g/mol. The smallest absolute Gasteiger partial charge is 0.129 e. The average Bonchev–Trinajstić information content (AvgIpc) is 2.70. The Hall–Kier alpha value is -1.68. The van der Waals surface area contributed by atoms with Gasteiger partial charge < -0.3 is 5.11 Å². The largest absolute Gasteiger partial charge is 0.385 e. The van der Waals surface area contributed by atoms with Gasteiger partial charge in [-0.1, -0.05) is 25.1 Å². The summed E-state index contributed by atoms with van der Waals surface area (Å²) in [6.07, 6.45) is 1.17. The van der Waals surface area contributed by atoms with Gasteiger partial charge in [0.05, 0.1) is 11.3 Å². The summed E-state index contributed by atoms with van der Waals surface area (Å²) >= 11 is 0. The van der Waals surface area contributed by atoms with E-state index in [9.17, 15) is 9.50 Å². The van der Waals surface area contributed by atoms with Gasteiger partial charge in [0.25, 0.3) is 0 Å². The molecule has 4 heteroatoms. The van der Waals surface area contributed by atoms with Gasteiger partial charge in [-0.3, -0.25) is 4.68 Å². The predicted octanol–water partition coefficient (Wildman–Crippen LogP) is 2.57. The Kier molecular flexibility index (Phi) is 3.71. The van der Waals surface area contributed by atoms with E-state index < -0.39 is 5.60 Å². The van der Waals surface area contributed by atoms with E-state index in [0.717, 1.165) is 17.8 Å². The third-order valence-electron chi connectivity index (χ3n) is 3.37. The van der Waals surface area contributed by atoms with Crippen molar-refractivity contribution in [2.45, 2.75) is 32.3 Å². The highest BCUT2D eigenvalue weighted by Crippen LogP contribution is 2.27. The highest BCUT2D eigenvalue weighted by atomic mass is 19.1. The number of aliphatic hydroxyl groups is 1. The van der Waals surface area contributed by atoms with E-state index in [1.807, 2.05) is 20.0 Å². The molecular formula is C15H19FN2O. The third-order valence-corrected chi connectivity index (χ3v) is 3.37. The minimum absolute atomic E-state index is 0.314. The van der Waals surface area contributed by atoms with Gasteiger partial charge >= 0.3 is 0 Å². The van der Waals surface area contributed by atoms with E-state index in [0.29, 0.717) is 12.0 Å². The van der Waals surface area contributed by atoms with Gasteiger partial charge in [0.2, 0.25) is 0 Å². The van der Waals surface area contributed by atoms with E-state index in [-0.39, 0.29) is 5.82 Å². The van der Waals surface area contributed by atoms with Gasteiger partial charge in [-0.25, -0.2) is 4.39 Å². The number of aryl methyl sites for hydroxylation is 2. The molecule has 19 heavy (non-hydrogen) atoms. The summed E-state index contributed by atoms with van der Waals surface area (Å²) in [5, 5.41) is 14.9. The summed E-state index contributed by atoms with van der Waals surface area (Å²) < 4.78 is 15.5. The summed E-state index contributed by atoms with van der Waals surface area (Å²) in [5.74, 6) is -0.384. The first-order chi connectivity index (χ1) is 8.94. The Labute approximate surface area is 112 Å². The average molecular weight is 262 g/mol. The molecule has 0 amide bonds. The summed E-state index contributed by atoms with van der Waals surface area (Å²) in [4.78, 5) is 0. The summed E-state index contributed by atoms with van der Waals surface area (Å²) in [6, 6.07) is 8.29. The van der Waals surface area contributed by atoms with Crippen LogP contribution in [0.5, 0.6) is 0 Å². The number of benzene rings is 1. The van der Waals surface area contributed by atoms with Crippen molar-refractivity contribution in [2.75, 3.05) is 0 Å². The second-order valence-electron chi connectivity index (χ2n) is 5.03. The molecule has 0 radical (unpaired) electrons. The van der Waals surface area contributed by atoms with Crippen LogP contribution in [0.3, 0.4) is 0 Å². The molecule has 1 aromatic heterocycles. The van der Waals surface area contributed by atoms with Crippen LogP contribution in [-0.2, 0) is 25.5 Å². The minimum Gasteiger partial charge on any atom is -0.385 e. The standard InChI is InChI=1S/C15H19FN2O/c1-4-11-9-12(18(3)17-11)10-15(2,19)13-7-5-6-8-14(13)16/h5-9,19H,4,10H2,1-3H3. The quantitative estimate of drug-likeness (QED) is 0.919. The Morgan fingerprint density at radius 3 is 2.63 bits per heavy atom. The molecule has 102 valence electrons. The second kappa shape index (κ2) is 5.13. The fourth-order valence-corrected chi connectivity index (χ4v) is 2.26. The molecule has 2 rings (SSSR count). The van der Waals surface area contributed by atoms with Crippen LogP contribution in [0.15, 0.2) is 30.3 Å². The van der Waals surface area contributed by atoms with Crippen LogP contribution in [0.2, 0.25) is 0 Å². The van der Waals surface area contributed by atoms with E-state index in [1.165, 1.54) is 6.07 Å². The molecule has 3 nitrogen and oxygen atoms in total. The fraction of sp³-hybridized carbons (Fsp3) is 0.400. The van der Waals surface area contributed by atoms with Crippen LogP contribution in [0.1, 0.15) is 30.8 Å². The van der Waals surface area contributed by atoms with Crippen molar-refractivity contribution in [3.8, 4) is 0 Å². The topological polar surface area (TPSA) is 38.0 Å². The number of rotatable bonds is 4. The lowest BCUT2D eigenvalue weighted by Gasteiger charge is -2.24. The SMILES string of the molecule is CCc1cc(CC(C)(O)c2ccccc2F)n(C)n1. The van der Waals surface area contributed by atoms with Crippen molar-refractivity contribution < 1.29 is 9.50 Å². The first-order valence-corrected chi connectivity index (χ1v) is 6.43. The van der Waals surface area contributed by atoms with Crippen molar-refractivity contribution in [3.05, 3.63) is 53.1 Å². The number of aromatic nitrogens is 2. The van der Waals surface area contributed by atoms with Crippen molar-refractivity contribution in [3.63, 3.8) is 0 Å². The summed E-state index contributed by atoms with van der Waals surface area (Å²) in [7, 11) is 1.84. The van der Waals surface area contributed by atoms with Crippen LogP contribution >= 0.6 is 0 Å². The lowest BCUT2D eigenvalue weighted by molar-refractivity contribution is 0.0518. The van der Waals surface area contributed by atoms with E-state index in [1.54, 1.807) is 29.8 Å². The maximum Gasteiger partial charge on any atom is 0.129 e. The van der Waals surface area contributed by atoms with Crippen molar-refractivity contribution in [1.82, 2.24) is 9.78 Å². The summed E-state index contributed by atoms with van der Waals surface area (Å²) in [6.45, 7) is 3.66. The minimum atomic E-state index is -1.25. The van der Waals surface area contributed by atoms with E-state index in [4.69, 9.17) is 0 Å². The molecule has 0 aliphatic heterocycles. The van der Waals surface area contributed by atoms with Crippen molar-refractivity contribution >= 4 is 0 Å². The van der Waals surface area contributed by atoms with Gasteiger partial charge in [0.15, 0.2) is 0 Å². The molecule has 1 heterocycles. The van der Waals surface area contributed by atoms with Crippen LogP contribution in [-0.4, -0.2) is 14.9 Å². The van der Waals surface area contributed by atoms with Gasteiger partial charge in [0, 0.05) is 24.7 Å². The molecule has 0 spiro atoms. The molecule has 0 aliphatic carbocycles. The first kappa shape index (κ1) is 13.7. The molecule has 0 bridgehead atoms. The van der Waals surface area contributed by atoms with Gasteiger partial charge in [-0.2, -0.15) is 5.10 Å². The van der Waals surface area contributed by atoms with E-state index >= 15 is 0 Å². The highest BCUT2D eigenvalue weighted by Gasteiger charge is 2.28. The Balaban J connectivity index is 2.30. The maximum atomic E-state index is 13.8. The zero-order valence-corrected chi connectivity index (χ0v) is 11.5. The molecular weight excluding hydrogens is 243 g/mol. The van der Waals surface area contributed by atoms with Gasteiger partial charge in [-0.15, -0.1) is 0 Å². The lowest BCUT2D eigenvalue weighted by atomic mass is 9.90. The molecule has 1 N–H and O–H groups in total. The van der Waals surface area contributed by atoms with Crippen molar-refractivity contribution in [1.29, 1.82) is 0 Å². The Bertz CT molecular complexity index is 575. The number of hydrogen-bond acceptors (Lipinski definition) is 2. The van der Waals surface area contributed by atoms with Gasteiger partial charge in [0.1, 0.15) is 5.82 Å². The molecule has 0 fully saturated rings. The fourth-order valence-electron chi connectivity index (χ4n) is 2.26. The lowest BCUT2D eigenvalue weighted by Crippen LogP contribution is -2.26. The zero-order valence-electron chi connectivity index (χ0n) is 11.5. The van der Waals surface area contributed by atoms with Crippen LogP contribution in [0.4, 0.5) is 4.39 Å². The molecule has 0 saturated carbocycles. The maximum absolute atomic E-state index is 13.8. The summed E-state index contributed by atoms with van der Waals surface area (Å²) in [5.41, 5.74) is 0.936. The Morgan fingerprint density at radius 2 is 2.05 bits per heavy atom. The van der Waals surface area contributed by atoms with Gasteiger partial charge in [-0.05, 0) is 25.5 Å².